The van der Waals surface area contributed by atoms with E-state index in [4.69, 9.17) is 4.74 Å². The quantitative estimate of drug-likeness (QED) is 0.743. The zero-order valence-corrected chi connectivity index (χ0v) is 14.5. The van der Waals surface area contributed by atoms with Gasteiger partial charge in [-0.05, 0) is 33.5 Å². The smallest absolute Gasteiger partial charge is 0.213 e. The molecule has 0 saturated heterocycles. The van der Waals surface area contributed by atoms with Crippen molar-refractivity contribution in [3.63, 3.8) is 0 Å². The molecule has 0 aliphatic carbocycles. The summed E-state index contributed by atoms with van der Waals surface area (Å²) in [5.74, 6) is 0.662. The summed E-state index contributed by atoms with van der Waals surface area (Å²) in [5, 5.41) is 10.4. The Morgan fingerprint density at radius 3 is 2.83 bits per heavy atom. The Labute approximate surface area is 138 Å². The normalized spacial score (nSPS) is 12.6. The fourth-order valence-corrected chi connectivity index (χ4v) is 2.24. The van der Waals surface area contributed by atoms with Crippen molar-refractivity contribution < 1.29 is 4.74 Å². The highest BCUT2D eigenvalue weighted by Gasteiger charge is 2.11. The van der Waals surface area contributed by atoms with E-state index < -0.39 is 0 Å². The number of hydrogen-bond acceptors (Lipinski definition) is 5. The van der Waals surface area contributed by atoms with Gasteiger partial charge in [0.05, 0.1) is 18.0 Å². The molecule has 2 rings (SSSR count). The van der Waals surface area contributed by atoms with E-state index in [-0.39, 0.29) is 6.10 Å². The van der Waals surface area contributed by atoms with E-state index in [1.165, 1.54) is 5.56 Å². The largest absolute Gasteiger partial charge is 0.475 e. The van der Waals surface area contributed by atoms with Crippen molar-refractivity contribution in [1.82, 2.24) is 25.4 Å². The number of nitrogens with zero attached hydrogens (tertiary/aromatic N) is 3. The van der Waals surface area contributed by atoms with Crippen LogP contribution in [0.15, 0.2) is 24.5 Å². The maximum absolute atomic E-state index is 5.72. The van der Waals surface area contributed by atoms with Gasteiger partial charge < -0.3 is 15.0 Å². The molecule has 0 aromatic carbocycles. The molecule has 1 unspecified atom stereocenters. The Morgan fingerprint density at radius 2 is 2.17 bits per heavy atom. The molecule has 1 atom stereocenters. The first-order valence-electron chi connectivity index (χ1n) is 8.12. The summed E-state index contributed by atoms with van der Waals surface area (Å²) in [5.41, 5.74) is 3.21. The third-order valence-electron chi connectivity index (χ3n) is 3.82. The number of H-pyrrole nitrogens is 1. The highest BCUT2D eigenvalue weighted by Crippen LogP contribution is 2.23. The standard InChI is InChI=1S/C17H27N5O/c1-5-13(2)23-16-7-6-14(10-19-16)17-15(11-20-21-17)12-22(4)9-8-18-3/h6-7,10-11,13,18H,5,8-9,12H2,1-4H3,(H,20,21). The van der Waals surface area contributed by atoms with Crippen LogP contribution in [-0.2, 0) is 6.54 Å². The molecule has 0 aliphatic heterocycles. The highest BCUT2D eigenvalue weighted by atomic mass is 16.5. The Balaban J connectivity index is 2.06. The molecule has 126 valence electrons. The first-order valence-corrected chi connectivity index (χ1v) is 8.12. The SMILES string of the molecule is CCC(C)Oc1ccc(-c2[nH]ncc2CN(C)CCNC)cn1. The molecule has 23 heavy (non-hydrogen) atoms. The lowest BCUT2D eigenvalue weighted by molar-refractivity contribution is 0.208. The summed E-state index contributed by atoms with van der Waals surface area (Å²) in [7, 11) is 4.07. The summed E-state index contributed by atoms with van der Waals surface area (Å²) in [4.78, 5) is 6.66. The maximum Gasteiger partial charge on any atom is 0.213 e. The van der Waals surface area contributed by atoms with Crippen LogP contribution in [0, 0.1) is 0 Å². The summed E-state index contributed by atoms with van der Waals surface area (Å²) in [6.45, 7) is 6.94. The van der Waals surface area contributed by atoms with Crippen molar-refractivity contribution in [2.45, 2.75) is 32.9 Å². The predicted molar refractivity (Wildman–Crippen MR) is 92.5 cm³/mol. The van der Waals surface area contributed by atoms with Crippen LogP contribution in [0.1, 0.15) is 25.8 Å². The van der Waals surface area contributed by atoms with Gasteiger partial charge in [-0.15, -0.1) is 0 Å². The van der Waals surface area contributed by atoms with Gasteiger partial charge in [0.25, 0.3) is 0 Å². The van der Waals surface area contributed by atoms with Crippen molar-refractivity contribution in [3.8, 4) is 17.1 Å². The number of rotatable bonds is 9. The lowest BCUT2D eigenvalue weighted by Gasteiger charge is -2.16. The monoisotopic (exact) mass is 317 g/mol. The van der Waals surface area contributed by atoms with Gasteiger partial charge in [0.2, 0.25) is 5.88 Å². The summed E-state index contributed by atoms with van der Waals surface area (Å²) in [6, 6.07) is 3.94. The van der Waals surface area contributed by atoms with Crippen LogP contribution < -0.4 is 10.1 Å². The van der Waals surface area contributed by atoms with Gasteiger partial charge in [-0.25, -0.2) is 4.98 Å². The van der Waals surface area contributed by atoms with Crippen LogP contribution >= 0.6 is 0 Å². The first-order chi connectivity index (χ1) is 11.1. The Kier molecular flexibility index (Phi) is 6.55. The van der Waals surface area contributed by atoms with E-state index in [0.717, 1.165) is 37.3 Å². The number of pyridine rings is 1. The molecule has 6 nitrogen and oxygen atoms in total. The lowest BCUT2D eigenvalue weighted by atomic mass is 10.1. The molecule has 0 fully saturated rings. The molecule has 0 amide bonds. The number of nitrogens with one attached hydrogen (secondary N) is 2. The van der Waals surface area contributed by atoms with Gasteiger partial charge >= 0.3 is 0 Å². The van der Waals surface area contributed by atoms with Crippen LogP contribution in [0.25, 0.3) is 11.3 Å². The van der Waals surface area contributed by atoms with Crippen molar-refractivity contribution in [2.75, 3.05) is 27.2 Å². The van der Waals surface area contributed by atoms with E-state index in [1.807, 2.05) is 38.5 Å². The van der Waals surface area contributed by atoms with Gasteiger partial charge in [-0.2, -0.15) is 5.10 Å². The van der Waals surface area contributed by atoms with Crippen LogP contribution in [0.5, 0.6) is 5.88 Å². The van der Waals surface area contributed by atoms with Gasteiger partial charge in [0.1, 0.15) is 0 Å². The lowest BCUT2D eigenvalue weighted by Crippen LogP contribution is -2.27. The third-order valence-corrected chi connectivity index (χ3v) is 3.82. The minimum Gasteiger partial charge on any atom is -0.475 e. The Bertz CT molecular complexity index is 581. The maximum atomic E-state index is 5.72. The van der Waals surface area contributed by atoms with Gasteiger partial charge in [0.15, 0.2) is 0 Å². The summed E-state index contributed by atoms with van der Waals surface area (Å²) >= 11 is 0. The molecule has 0 bridgehead atoms. The topological polar surface area (TPSA) is 66.1 Å². The van der Waals surface area contributed by atoms with E-state index >= 15 is 0 Å². The second-order valence-electron chi connectivity index (χ2n) is 5.83. The zero-order valence-electron chi connectivity index (χ0n) is 14.5. The van der Waals surface area contributed by atoms with Crippen LogP contribution in [0.3, 0.4) is 0 Å². The minimum absolute atomic E-state index is 0.178. The fraction of sp³-hybridized carbons (Fsp3) is 0.529. The van der Waals surface area contributed by atoms with Crippen molar-refractivity contribution in [1.29, 1.82) is 0 Å². The summed E-state index contributed by atoms with van der Waals surface area (Å²) < 4.78 is 5.72. The molecule has 2 heterocycles. The van der Waals surface area contributed by atoms with E-state index in [2.05, 4.69) is 39.4 Å². The average molecular weight is 317 g/mol. The third kappa shape index (κ3) is 5.04. The van der Waals surface area contributed by atoms with Gasteiger partial charge in [-0.3, -0.25) is 5.10 Å². The number of aromatic amines is 1. The van der Waals surface area contributed by atoms with Crippen LogP contribution in [-0.4, -0.2) is 53.4 Å². The van der Waals surface area contributed by atoms with Crippen molar-refractivity contribution in [2.24, 2.45) is 0 Å². The second kappa shape index (κ2) is 8.64. The van der Waals surface area contributed by atoms with E-state index in [9.17, 15) is 0 Å². The molecule has 2 aromatic rings. The Morgan fingerprint density at radius 1 is 1.35 bits per heavy atom. The molecule has 2 N–H and O–H groups in total. The molecular weight excluding hydrogens is 290 g/mol. The first kappa shape index (κ1) is 17.4. The number of ether oxygens (including phenoxy) is 1. The molecule has 2 aromatic heterocycles. The molecule has 0 spiro atoms. The highest BCUT2D eigenvalue weighted by molar-refractivity contribution is 5.61. The van der Waals surface area contributed by atoms with Gasteiger partial charge in [0, 0.05) is 43.0 Å². The predicted octanol–water partition coefficient (Wildman–Crippen LogP) is 2.30. The van der Waals surface area contributed by atoms with Crippen LogP contribution in [0.4, 0.5) is 0 Å². The summed E-state index contributed by atoms with van der Waals surface area (Å²) in [6.07, 6.45) is 4.86. The molecule has 0 saturated carbocycles. The minimum atomic E-state index is 0.178. The zero-order chi connectivity index (χ0) is 16.7. The fourth-order valence-electron chi connectivity index (χ4n) is 2.24. The number of hydrogen-bond donors (Lipinski definition) is 2. The number of aromatic nitrogens is 3. The Hall–Kier alpha value is -1.92. The molecule has 6 heteroatoms. The van der Waals surface area contributed by atoms with Gasteiger partial charge in [-0.1, -0.05) is 6.92 Å². The molecule has 0 aliphatic rings. The van der Waals surface area contributed by atoms with Crippen molar-refractivity contribution in [3.05, 3.63) is 30.1 Å². The van der Waals surface area contributed by atoms with Crippen molar-refractivity contribution >= 4 is 0 Å². The molecular formula is C17H27N5O. The van der Waals surface area contributed by atoms with Crippen LogP contribution in [0.2, 0.25) is 0 Å². The van der Waals surface area contributed by atoms with E-state index in [0.29, 0.717) is 5.88 Å². The van der Waals surface area contributed by atoms with E-state index in [1.54, 1.807) is 0 Å². The second-order valence-corrected chi connectivity index (χ2v) is 5.83. The molecule has 0 radical (unpaired) electrons. The number of likely N-dealkylation sites (N-methyl/N-ethyl adjacent to an activating group) is 2. The average Bonchev–Trinajstić information content (AvgIpc) is 3.01.